The van der Waals surface area contributed by atoms with E-state index >= 15 is 0 Å². The van der Waals surface area contributed by atoms with Crippen LogP contribution in [0.25, 0.3) is 0 Å². The molecule has 0 aliphatic rings. The highest BCUT2D eigenvalue weighted by molar-refractivity contribution is 7.11. The molecular formula is C14H26N2OS. The summed E-state index contributed by atoms with van der Waals surface area (Å²) in [4.78, 5) is 5.39. The summed E-state index contributed by atoms with van der Waals surface area (Å²) in [6, 6.07) is 0. The highest BCUT2D eigenvalue weighted by Gasteiger charge is 2.24. The second kappa shape index (κ2) is 5.68. The summed E-state index contributed by atoms with van der Waals surface area (Å²) in [6.45, 7) is 13.8. The van der Waals surface area contributed by atoms with Crippen molar-refractivity contribution in [3.8, 4) is 0 Å². The third kappa shape index (κ3) is 5.46. The summed E-state index contributed by atoms with van der Waals surface area (Å²) >= 11 is 1.58. The number of nitrogens with one attached hydrogen (secondary N) is 1. The van der Waals surface area contributed by atoms with Crippen LogP contribution in [-0.4, -0.2) is 15.6 Å². The smallest absolute Gasteiger partial charge is 0.121 e. The molecule has 18 heavy (non-hydrogen) atoms. The van der Waals surface area contributed by atoms with Gasteiger partial charge in [-0.2, -0.15) is 0 Å². The zero-order chi connectivity index (χ0) is 14.0. The van der Waals surface area contributed by atoms with Gasteiger partial charge in [0.1, 0.15) is 11.1 Å². The van der Waals surface area contributed by atoms with Gasteiger partial charge in [-0.1, -0.05) is 20.8 Å². The Morgan fingerprint density at radius 2 is 1.94 bits per heavy atom. The molecule has 0 unspecified atom stereocenters. The molecule has 0 amide bonds. The lowest BCUT2D eigenvalue weighted by Crippen LogP contribution is -2.41. The number of aliphatic hydroxyl groups is 1. The Kier molecular flexibility index (Phi) is 4.92. The van der Waals surface area contributed by atoms with E-state index in [1.807, 2.05) is 6.20 Å². The molecule has 0 radical (unpaired) electrons. The molecule has 104 valence electrons. The Morgan fingerprint density at radius 3 is 2.39 bits per heavy atom. The minimum absolute atomic E-state index is 0.104. The van der Waals surface area contributed by atoms with Gasteiger partial charge in [-0.15, -0.1) is 11.3 Å². The highest BCUT2D eigenvalue weighted by atomic mass is 32.1. The lowest BCUT2D eigenvalue weighted by atomic mass is 9.82. The first-order chi connectivity index (χ1) is 8.09. The molecular weight excluding hydrogens is 244 g/mol. The average Bonchev–Trinajstić information content (AvgIpc) is 2.59. The van der Waals surface area contributed by atoms with Crippen LogP contribution < -0.4 is 5.32 Å². The van der Waals surface area contributed by atoms with Gasteiger partial charge in [0.25, 0.3) is 0 Å². The summed E-state index contributed by atoms with van der Waals surface area (Å²) in [7, 11) is 0. The number of nitrogens with zero attached hydrogens (tertiary/aromatic N) is 1. The molecule has 0 spiro atoms. The van der Waals surface area contributed by atoms with Crippen LogP contribution in [0.1, 0.15) is 64.0 Å². The van der Waals surface area contributed by atoms with E-state index in [-0.39, 0.29) is 5.54 Å². The van der Waals surface area contributed by atoms with Crippen LogP contribution in [0.15, 0.2) is 6.20 Å². The van der Waals surface area contributed by atoms with Crippen LogP contribution >= 0.6 is 11.3 Å². The second-order valence-electron chi connectivity index (χ2n) is 6.82. The monoisotopic (exact) mass is 270 g/mol. The largest absolute Gasteiger partial charge is 0.386 e. The van der Waals surface area contributed by atoms with E-state index < -0.39 is 6.10 Å². The first-order valence-electron chi connectivity index (χ1n) is 6.47. The van der Waals surface area contributed by atoms with Gasteiger partial charge in [-0.25, -0.2) is 4.98 Å². The van der Waals surface area contributed by atoms with Crippen molar-refractivity contribution in [3.05, 3.63) is 16.1 Å². The van der Waals surface area contributed by atoms with Gasteiger partial charge >= 0.3 is 0 Å². The number of aliphatic hydroxyl groups excluding tert-OH is 1. The zero-order valence-corrected chi connectivity index (χ0v) is 13.2. The van der Waals surface area contributed by atoms with Gasteiger partial charge in [0.2, 0.25) is 0 Å². The lowest BCUT2D eigenvalue weighted by molar-refractivity contribution is 0.199. The summed E-state index contributed by atoms with van der Waals surface area (Å²) in [5, 5.41) is 13.8. The lowest BCUT2D eigenvalue weighted by Gasteiger charge is -2.33. The van der Waals surface area contributed by atoms with Crippen LogP contribution in [-0.2, 0) is 6.54 Å². The first-order valence-corrected chi connectivity index (χ1v) is 7.28. The molecule has 1 aromatic heterocycles. The third-order valence-electron chi connectivity index (χ3n) is 2.64. The highest BCUT2D eigenvalue weighted by Crippen LogP contribution is 2.27. The quantitative estimate of drug-likeness (QED) is 0.860. The molecule has 0 aliphatic carbocycles. The van der Waals surface area contributed by atoms with Gasteiger partial charge in [-0.05, 0) is 32.6 Å². The van der Waals surface area contributed by atoms with E-state index in [0.717, 1.165) is 18.0 Å². The standard InChI is InChI=1S/C14H26N2OS/c1-10(17)12-15-7-11(18-12)8-16-14(5,6)9-13(2,3)4/h7,10,16-17H,8-9H2,1-6H3/t10-/m1/s1. The normalized spacial score (nSPS) is 14.8. The van der Waals surface area contributed by atoms with E-state index in [1.54, 1.807) is 18.3 Å². The molecule has 1 heterocycles. The molecule has 2 N–H and O–H groups in total. The molecule has 0 saturated heterocycles. The zero-order valence-electron chi connectivity index (χ0n) is 12.4. The van der Waals surface area contributed by atoms with Crippen molar-refractivity contribution in [2.45, 2.75) is 66.2 Å². The minimum atomic E-state index is -0.466. The summed E-state index contributed by atoms with van der Waals surface area (Å²) in [5.41, 5.74) is 0.419. The topological polar surface area (TPSA) is 45.2 Å². The van der Waals surface area contributed by atoms with E-state index in [2.05, 4.69) is 44.9 Å². The van der Waals surface area contributed by atoms with Crippen LogP contribution in [0.5, 0.6) is 0 Å². The number of hydrogen-bond acceptors (Lipinski definition) is 4. The van der Waals surface area contributed by atoms with Gasteiger partial charge in [-0.3, -0.25) is 0 Å². The molecule has 1 aromatic rings. The maximum Gasteiger partial charge on any atom is 0.121 e. The van der Waals surface area contributed by atoms with Gasteiger partial charge < -0.3 is 10.4 Å². The van der Waals surface area contributed by atoms with E-state index in [1.165, 1.54) is 4.88 Å². The fourth-order valence-electron chi connectivity index (χ4n) is 2.31. The predicted molar refractivity (Wildman–Crippen MR) is 77.7 cm³/mol. The fraction of sp³-hybridized carbons (Fsp3) is 0.786. The van der Waals surface area contributed by atoms with Crippen LogP contribution in [0.3, 0.4) is 0 Å². The molecule has 1 rings (SSSR count). The van der Waals surface area contributed by atoms with Crippen molar-refractivity contribution < 1.29 is 5.11 Å². The number of aromatic nitrogens is 1. The Bertz CT molecular complexity index is 377. The van der Waals surface area contributed by atoms with Crippen LogP contribution in [0, 0.1) is 5.41 Å². The maximum atomic E-state index is 9.45. The van der Waals surface area contributed by atoms with Crippen molar-refractivity contribution in [3.63, 3.8) is 0 Å². The van der Waals surface area contributed by atoms with Crippen LogP contribution in [0.2, 0.25) is 0 Å². The number of hydrogen-bond donors (Lipinski definition) is 2. The second-order valence-corrected chi connectivity index (χ2v) is 7.96. The van der Waals surface area contributed by atoms with Crippen LogP contribution in [0.4, 0.5) is 0 Å². The Balaban J connectivity index is 2.53. The average molecular weight is 270 g/mol. The molecule has 1 atom stereocenters. The van der Waals surface area contributed by atoms with Crippen molar-refractivity contribution in [2.75, 3.05) is 0 Å². The van der Waals surface area contributed by atoms with Crippen molar-refractivity contribution in [1.29, 1.82) is 0 Å². The predicted octanol–water partition coefficient (Wildman–Crippen LogP) is 3.50. The molecule has 0 aromatic carbocycles. The molecule has 0 saturated carbocycles. The molecule has 0 bridgehead atoms. The Hall–Kier alpha value is -0.450. The molecule has 4 heteroatoms. The van der Waals surface area contributed by atoms with Crippen molar-refractivity contribution in [1.82, 2.24) is 10.3 Å². The molecule has 0 fully saturated rings. The third-order valence-corrected chi connectivity index (χ3v) is 3.81. The van der Waals surface area contributed by atoms with Gasteiger partial charge in [0.15, 0.2) is 0 Å². The first kappa shape index (κ1) is 15.6. The molecule has 0 aliphatic heterocycles. The fourth-order valence-corrected chi connectivity index (χ4v) is 3.11. The minimum Gasteiger partial charge on any atom is -0.386 e. The maximum absolute atomic E-state index is 9.45. The van der Waals surface area contributed by atoms with Crippen molar-refractivity contribution >= 4 is 11.3 Å². The SMILES string of the molecule is C[C@@H](O)c1ncc(CNC(C)(C)CC(C)(C)C)s1. The number of rotatable bonds is 5. The van der Waals surface area contributed by atoms with Gasteiger partial charge in [0, 0.05) is 23.2 Å². The van der Waals surface area contributed by atoms with E-state index in [4.69, 9.17) is 0 Å². The van der Waals surface area contributed by atoms with E-state index in [0.29, 0.717) is 5.41 Å². The summed E-state index contributed by atoms with van der Waals surface area (Å²) < 4.78 is 0. The molecule has 3 nitrogen and oxygen atoms in total. The summed E-state index contributed by atoms with van der Waals surface area (Å²) in [6.07, 6.45) is 2.50. The Morgan fingerprint density at radius 1 is 1.33 bits per heavy atom. The number of thiazole rings is 1. The van der Waals surface area contributed by atoms with Gasteiger partial charge in [0.05, 0.1) is 0 Å². The van der Waals surface area contributed by atoms with Crippen molar-refractivity contribution in [2.24, 2.45) is 5.41 Å². The Labute approximate surface area is 115 Å². The summed E-state index contributed by atoms with van der Waals surface area (Å²) in [5.74, 6) is 0. The van der Waals surface area contributed by atoms with E-state index in [9.17, 15) is 5.11 Å².